The summed E-state index contributed by atoms with van der Waals surface area (Å²) < 4.78 is 0. The molecule has 0 fully saturated rings. The quantitative estimate of drug-likeness (QED) is 0.269. The van der Waals surface area contributed by atoms with E-state index < -0.39 is 5.78 Å². The van der Waals surface area contributed by atoms with E-state index in [4.69, 9.17) is 0 Å². The molecule has 0 saturated heterocycles. The molecule has 0 N–H and O–H groups in total. The van der Waals surface area contributed by atoms with Crippen LogP contribution in [0.1, 0.15) is 46.8 Å². The minimum atomic E-state index is -0.444. The maximum Gasteiger partial charge on any atom is 0.235 e. The van der Waals surface area contributed by atoms with Gasteiger partial charge in [-0.3, -0.25) is 14.4 Å². The number of benzene rings is 3. The maximum atomic E-state index is 13.3. The Bertz CT molecular complexity index is 1330. The summed E-state index contributed by atoms with van der Waals surface area (Å²) in [5.41, 5.74) is 2.13. The third-order valence-corrected chi connectivity index (χ3v) is 5.57. The molecule has 0 unspecified atom stereocenters. The number of amides is 1. The van der Waals surface area contributed by atoms with Crippen LogP contribution >= 0.6 is 0 Å². The second-order valence-electron chi connectivity index (χ2n) is 8.40. The number of nitrogens with zero attached hydrogens (tertiary/aromatic N) is 3. The van der Waals surface area contributed by atoms with Crippen molar-refractivity contribution in [3.05, 3.63) is 102 Å². The van der Waals surface area contributed by atoms with E-state index in [1.807, 2.05) is 56.3 Å². The Morgan fingerprint density at radius 2 is 1.50 bits per heavy atom. The van der Waals surface area contributed by atoms with Gasteiger partial charge in [0.15, 0.2) is 11.6 Å². The van der Waals surface area contributed by atoms with Crippen LogP contribution in [-0.4, -0.2) is 27.4 Å². The van der Waals surface area contributed by atoms with Gasteiger partial charge in [0.2, 0.25) is 11.7 Å². The number of hydrogen-bond acceptors (Lipinski definition) is 5. The molecule has 170 valence electrons. The van der Waals surface area contributed by atoms with E-state index in [9.17, 15) is 14.4 Å². The van der Waals surface area contributed by atoms with Crippen molar-refractivity contribution in [1.82, 2.24) is 9.97 Å². The molecule has 0 bridgehead atoms. The van der Waals surface area contributed by atoms with Crippen molar-refractivity contribution in [1.29, 1.82) is 0 Å². The van der Waals surface area contributed by atoms with E-state index in [0.29, 0.717) is 11.3 Å². The molecule has 6 heteroatoms. The molecule has 1 heterocycles. The van der Waals surface area contributed by atoms with Gasteiger partial charge in [-0.05, 0) is 52.7 Å². The van der Waals surface area contributed by atoms with Crippen molar-refractivity contribution in [2.45, 2.75) is 26.8 Å². The lowest BCUT2D eigenvalue weighted by Crippen LogP contribution is -2.32. The molecule has 1 aromatic heterocycles. The van der Waals surface area contributed by atoms with Gasteiger partial charge in [0.25, 0.3) is 0 Å². The monoisotopic (exact) mass is 451 g/mol. The lowest BCUT2D eigenvalue weighted by Gasteiger charge is -2.23. The molecule has 0 aliphatic rings. The Labute approximate surface area is 198 Å². The number of fused-ring (bicyclic) bond motifs is 1. The van der Waals surface area contributed by atoms with Gasteiger partial charge in [0, 0.05) is 29.6 Å². The SMILES string of the molecule is CC(C)C(=O)c1ccc(N(Cc2ccc3ccccc3c2)C(=O)CC(=O)c2ncccn2)cc1. The van der Waals surface area contributed by atoms with E-state index in [-0.39, 0.29) is 36.4 Å². The van der Waals surface area contributed by atoms with Gasteiger partial charge in [0.1, 0.15) is 0 Å². The summed E-state index contributed by atoms with van der Waals surface area (Å²) in [5, 5.41) is 2.18. The molecule has 1 amide bonds. The average molecular weight is 452 g/mol. The fourth-order valence-electron chi connectivity index (χ4n) is 3.74. The standard InChI is InChI=1S/C28H25N3O3/c1-19(2)27(34)22-10-12-24(13-11-22)31(26(33)17-25(32)28-29-14-5-15-30-28)18-20-8-9-21-6-3-4-7-23(21)16-20/h3-16,19H,17-18H2,1-2H3. The molecule has 0 radical (unpaired) electrons. The van der Waals surface area contributed by atoms with Crippen molar-refractivity contribution in [2.75, 3.05) is 4.90 Å². The molecule has 0 atom stereocenters. The Hall–Kier alpha value is -4.19. The third-order valence-electron chi connectivity index (χ3n) is 5.57. The highest BCUT2D eigenvalue weighted by atomic mass is 16.2. The summed E-state index contributed by atoms with van der Waals surface area (Å²) in [7, 11) is 0. The summed E-state index contributed by atoms with van der Waals surface area (Å²) in [6.07, 6.45) is 2.59. The maximum absolute atomic E-state index is 13.3. The lowest BCUT2D eigenvalue weighted by atomic mass is 10.0. The van der Waals surface area contributed by atoms with Crippen molar-refractivity contribution in [2.24, 2.45) is 5.92 Å². The highest BCUT2D eigenvalue weighted by molar-refractivity contribution is 6.10. The number of hydrogen-bond donors (Lipinski definition) is 0. The normalized spacial score (nSPS) is 10.9. The van der Waals surface area contributed by atoms with Crippen LogP contribution in [-0.2, 0) is 11.3 Å². The first kappa shape index (κ1) is 23.0. The highest BCUT2D eigenvalue weighted by Gasteiger charge is 2.22. The Kier molecular flexibility index (Phi) is 6.87. The molecule has 4 rings (SSSR count). The predicted octanol–water partition coefficient (Wildman–Crippen LogP) is 5.27. The molecular formula is C28H25N3O3. The van der Waals surface area contributed by atoms with Gasteiger partial charge >= 0.3 is 0 Å². The molecule has 3 aromatic carbocycles. The third kappa shape index (κ3) is 5.23. The first-order valence-electron chi connectivity index (χ1n) is 11.1. The van der Waals surface area contributed by atoms with Crippen LogP contribution in [0, 0.1) is 5.92 Å². The molecular weight excluding hydrogens is 426 g/mol. The zero-order chi connectivity index (χ0) is 24.1. The fourth-order valence-corrected chi connectivity index (χ4v) is 3.74. The van der Waals surface area contributed by atoms with Crippen LogP contribution in [0.15, 0.2) is 85.2 Å². The minimum absolute atomic E-state index is 0.0133. The minimum Gasteiger partial charge on any atom is -0.308 e. The van der Waals surface area contributed by atoms with E-state index in [1.54, 1.807) is 35.2 Å². The highest BCUT2D eigenvalue weighted by Crippen LogP contribution is 2.23. The van der Waals surface area contributed by atoms with E-state index in [2.05, 4.69) is 9.97 Å². The van der Waals surface area contributed by atoms with Crippen LogP contribution in [0.3, 0.4) is 0 Å². The van der Waals surface area contributed by atoms with Crippen LogP contribution < -0.4 is 4.90 Å². The Balaban J connectivity index is 1.64. The van der Waals surface area contributed by atoms with Gasteiger partial charge in [-0.1, -0.05) is 50.2 Å². The van der Waals surface area contributed by atoms with Crippen molar-refractivity contribution < 1.29 is 14.4 Å². The first-order chi connectivity index (χ1) is 16.4. The number of rotatable bonds is 8. The van der Waals surface area contributed by atoms with Gasteiger partial charge in [0.05, 0.1) is 13.0 Å². The second-order valence-corrected chi connectivity index (χ2v) is 8.40. The van der Waals surface area contributed by atoms with Gasteiger partial charge in [-0.2, -0.15) is 0 Å². The van der Waals surface area contributed by atoms with Gasteiger partial charge in [-0.25, -0.2) is 9.97 Å². The summed E-state index contributed by atoms with van der Waals surface area (Å²) in [6, 6.07) is 22.6. The summed E-state index contributed by atoms with van der Waals surface area (Å²) in [5.74, 6) is -0.881. The van der Waals surface area contributed by atoms with Gasteiger partial charge in [-0.15, -0.1) is 0 Å². The summed E-state index contributed by atoms with van der Waals surface area (Å²) in [4.78, 5) is 47.7. The summed E-state index contributed by atoms with van der Waals surface area (Å²) >= 11 is 0. The number of Topliss-reactive ketones (excluding diaryl/α,β-unsaturated/α-hetero) is 2. The van der Waals surface area contributed by atoms with Crippen LogP contribution in [0.2, 0.25) is 0 Å². The number of aromatic nitrogens is 2. The Morgan fingerprint density at radius 3 is 2.18 bits per heavy atom. The van der Waals surface area contributed by atoms with E-state index in [0.717, 1.165) is 16.3 Å². The molecule has 6 nitrogen and oxygen atoms in total. The molecule has 4 aromatic rings. The van der Waals surface area contributed by atoms with Crippen LogP contribution in [0.4, 0.5) is 5.69 Å². The zero-order valence-electron chi connectivity index (χ0n) is 19.1. The number of carbonyl (C=O) groups excluding carboxylic acids is 3. The van der Waals surface area contributed by atoms with Gasteiger partial charge < -0.3 is 4.90 Å². The molecule has 34 heavy (non-hydrogen) atoms. The zero-order valence-corrected chi connectivity index (χ0v) is 19.1. The second kappa shape index (κ2) is 10.2. The van der Waals surface area contributed by atoms with Crippen molar-refractivity contribution >= 4 is 33.9 Å². The Morgan fingerprint density at radius 1 is 0.824 bits per heavy atom. The summed E-state index contributed by atoms with van der Waals surface area (Å²) in [6.45, 7) is 3.98. The first-order valence-corrected chi connectivity index (χ1v) is 11.1. The average Bonchev–Trinajstić information content (AvgIpc) is 2.87. The number of carbonyl (C=O) groups is 3. The van der Waals surface area contributed by atoms with E-state index in [1.165, 1.54) is 12.4 Å². The van der Waals surface area contributed by atoms with Crippen molar-refractivity contribution in [3.8, 4) is 0 Å². The number of anilines is 1. The smallest absolute Gasteiger partial charge is 0.235 e. The van der Waals surface area contributed by atoms with Crippen LogP contribution in [0.25, 0.3) is 10.8 Å². The molecule has 0 aliphatic carbocycles. The van der Waals surface area contributed by atoms with Crippen LogP contribution in [0.5, 0.6) is 0 Å². The predicted molar refractivity (Wildman–Crippen MR) is 132 cm³/mol. The molecule has 0 saturated carbocycles. The fraction of sp³-hybridized carbons (Fsp3) is 0.179. The molecule has 0 spiro atoms. The number of ketones is 2. The largest absolute Gasteiger partial charge is 0.308 e. The lowest BCUT2D eigenvalue weighted by molar-refractivity contribution is -0.117. The topological polar surface area (TPSA) is 80.2 Å². The van der Waals surface area contributed by atoms with E-state index >= 15 is 0 Å². The molecule has 0 aliphatic heterocycles. The van der Waals surface area contributed by atoms with Crippen molar-refractivity contribution in [3.63, 3.8) is 0 Å².